The van der Waals surface area contributed by atoms with Crippen molar-refractivity contribution in [3.05, 3.63) is 22.3 Å². The van der Waals surface area contributed by atoms with Gasteiger partial charge in [0.05, 0.1) is 0 Å². The van der Waals surface area contributed by atoms with Crippen molar-refractivity contribution in [1.82, 2.24) is 0 Å². The summed E-state index contributed by atoms with van der Waals surface area (Å²) in [5.74, 6) is -0.219. The molecule has 0 saturated heterocycles. The topological polar surface area (TPSA) is 58.6 Å². The van der Waals surface area contributed by atoms with Crippen LogP contribution in [-0.2, 0) is 11.2 Å². The predicted octanol–water partition coefficient (Wildman–Crippen LogP) is 3.21. The third-order valence-electron chi connectivity index (χ3n) is 4.18. The molecule has 2 rings (SSSR count). The van der Waals surface area contributed by atoms with Gasteiger partial charge >= 0.3 is 5.97 Å². The Bertz CT molecular complexity index is 562. The first kappa shape index (κ1) is 14.7. The lowest BCUT2D eigenvalue weighted by Gasteiger charge is -2.36. The van der Waals surface area contributed by atoms with Crippen LogP contribution in [0.25, 0.3) is 0 Å². The Morgan fingerprint density at radius 2 is 1.90 bits per heavy atom. The number of carbonyl (C=O) groups is 1. The molecule has 0 spiro atoms. The van der Waals surface area contributed by atoms with Crippen LogP contribution in [0.4, 0.5) is 5.69 Å². The summed E-state index contributed by atoms with van der Waals surface area (Å²) >= 11 is 0. The highest BCUT2D eigenvalue weighted by atomic mass is 16.5. The van der Waals surface area contributed by atoms with Gasteiger partial charge in [0, 0.05) is 11.2 Å². The van der Waals surface area contributed by atoms with E-state index in [0.29, 0.717) is 0 Å². The molecule has 20 heavy (non-hydrogen) atoms. The quantitative estimate of drug-likeness (QED) is 0.890. The first-order valence-electron chi connectivity index (χ1n) is 6.98. The summed E-state index contributed by atoms with van der Waals surface area (Å²) in [7, 11) is 0. The molecule has 0 radical (unpaired) electrons. The van der Waals surface area contributed by atoms with Gasteiger partial charge in [0.15, 0.2) is 6.61 Å². The molecule has 1 heterocycles. The van der Waals surface area contributed by atoms with E-state index >= 15 is 0 Å². The van der Waals surface area contributed by atoms with Gasteiger partial charge in [0.2, 0.25) is 0 Å². The van der Waals surface area contributed by atoms with E-state index in [1.165, 1.54) is 11.3 Å². The van der Waals surface area contributed by atoms with E-state index in [9.17, 15) is 4.79 Å². The first-order valence-corrected chi connectivity index (χ1v) is 6.98. The maximum atomic E-state index is 10.7. The molecule has 4 heteroatoms. The van der Waals surface area contributed by atoms with Crippen molar-refractivity contribution >= 4 is 11.7 Å². The van der Waals surface area contributed by atoms with Gasteiger partial charge in [-0.15, -0.1) is 0 Å². The number of fused-ring (bicyclic) bond motifs is 1. The Kier molecular flexibility index (Phi) is 3.67. The molecular formula is C16H23NO3. The summed E-state index contributed by atoms with van der Waals surface area (Å²) in [4.78, 5) is 10.7. The summed E-state index contributed by atoms with van der Waals surface area (Å²) in [6, 6.07) is 0. The molecule has 1 aromatic carbocycles. The van der Waals surface area contributed by atoms with Crippen LogP contribution in [0.2, 0.25) is 0 Å². The largest absolute Gasteiger partial charge is 0.481 e. The summed E-state index contributed by atoms with van der Waals surface area (Å²) in [6.07, 6.45) is 2.05. The smallest absolute Gasteiger partial charge is 0.341 e. The molecule has 1 aromatic rings. The van der Waals surface area contributed by atoms with Crippen molar-refractivity contribution in [2.24, 2.45) is 0 Å². The minimum absolute atomic E-state index is 0.0973. The van der Waals surface area contributed by atoms with Crippen LogP contribution < -0.4 is 10.1 Å². The SMILES string of the molecule is Cc1c(C)c(OCC(=O)O)c(C)c2c1NC(C)(C)CC2. The van der Waals surface area contributed by atoms with Gasteiger partial charge in [0.1, 0.15) is 5.75 Å². The number of rotatable bonds is 3. The Morgan fingerprint density at radius 1 is 1.25 bits per heavy atom. The molecule has 1 aliphatic rings. The van der Waals surface area contributed by atoms with Crippen LogP contribution in [-0.4, -0.2) is 23.2 Å². The van der Waals surface area contributed by atoms with Crippen LogP contribution in [0.5, 0.6) is 5.75 Å². The van der Waals surface area contributed by atoms with Gasteiger partial charge in [-0.2, -0.15) is 0 Å². The number of anilines is 1. The fourth-order valence-corrected chi connectivity index (χ4v) is 2.86. The van der Waals surface area contributed by atoms with E-state index in [2.05, 4.69) is 26.1 Å². The second-order valence-corrected chi connectivity index (χ2v) is 6.25. The minimum atomic E-state index is -0.946. The van der Waals surface area contributed by atoms with Crippen LogP contribution in [0, 0.1) is 20.8 Å². The molecule has 4 nitrogen and oxygen atoms in total. The first-order chi connectivity index (χ1) is 9.23. The standard InChI is InChI=1S/C16H23NO3/c1-9-10(2)15(20-8-13(18)19)11(3)12-6-7-16(4,5)17-14(9)12/h17H,6-8H2,1-5H3,(H,18,19). The number of aliphatic carboxylic acids is 1. The molecule has 0 aliphatic carbocycles. The molecule has 2 N–H and O–H groups in total. The summed E-state index contributed by atoms with van der Waals surface area (Å²) < 4.78 is 5.50. The van der Waals surface area contributed by atoms with Crippen LogP contribution in [0.3, 0.4) is 0 Å². The zero-order chi connectivity index (χ0) is 15.1. The van der Waals surface area contributed by atoms with Crippen molar-refractivity contribution in [2.45, 2.75) is 53.0 Å². The highest BCUT2D eigenvalue weighted by Gasteiger charge is 2.29. The van der Waals surface area contributed by atoms with Crippen molar-refractivity contribution in [3.8, 4) is 5.75 Å². The highest BCUT2D eigenvalue weighted by Crippen LogP contribution is 2.41. The van der Waals surface area contributed by atoms with Crippen molar-refractivity contribution in [1.29, 1.82) is 0 Å². The average molecular weight is 277 g/mol. The Balaban J connectivity index is 2.48. The normalized spacial score (nSPS) is 16.2. The van der Waals surface area contributed by atoms with Gasteiger partial charge in [0.25, 0.3) is 0 Å². The maximum Gasteiger partial charge on any atom is 0.341 e. The Labute approximate surface area is 120 Å². The lowest BCUT2D eigenvalue weighted by atomic mass is 9.84. The van der Waals surface area contributed by atoms with E-state index in [-0.39, 0.29) is 12.1 Å². The van der Waals surface area contributed by atoms with Gasteiger partial charge < -0.3 is 15.2 Å². The molecule has 0 amide bonds. The fourth-order valence-electron chi connectivity index (χ4n) is 2.86. The summed E-state index contributed by atoms with van der Waals surface area (Å²) in [6.45, 7) is 10.2. The van der Waals surface area contributed by atoms with E-state index in [1.807, 2.05) is 13.8 Å². The molecule has 110 valence electrons. The van der Waals surface area contributed by atoms with Gasteiger partial charge in [-0.25, -0.2) is 4.79 Å². The number of hydrogen-bond acceptors (Lipinski definition) is 3. The van der Waals surface area contributed by atoms with E-state index in [4.69, 9.17) is 9.84 Å². The molecule has 0 bridgehead atoms. The molecule has 0 fully saturated rings. The Morgan fingerprint density at radius 3 is 2.50 bits per heavy atom. The number of hydrogen-bond donors (Lipinski definition) is 2. The maximum absolute atomic E-state index is 10.7. The monoisotopic (exact) mass is 277 g/mol. The van der Waals surface area contributed by atoms with E-state index in [0.717, 1.165) is 35.3 Å². The average Bonchev–Trinajstić information content (AvgIpc) is 2.34. The zero-order valence-electron chi connectivity index (χ0n) is 12.9. The molecule has 0 unspecified atom stereocenters. The van der Waals surface area contributed by atoms with Crippen molar-refractivity contribution in [2.75, 3.05) is 11.9 Å². The zero-order valence-corrected chi connectivity index (χ0v) is 12.9. The van der Waals surface area contributed by atoms with Gasteiger partial charge in [-0.05, 0) is 69.7 Å². The molecule has 0 saturated carbocycles. The Hall–Kier alpha value is -1.71. The van der Waals surface area contributed by atoms with Gasteiger partial charge in [-0.1, -0.05) is 0 Å². The molecular weight excluding hydrogens is 254 g/mol. The van der Waals surface area contributed by atoms with E-state index < -0.39 is 5.97 Å². The number of benzene rings is 1. The van der Waals surface area contributed by atoms with Crippen molar-refractivity contribution < 1.29 is 14.6 Å². The van der Waals surface area contributed by atoms with Crippen LogP contribution in [0.1, 0.15) is 42.5 Å². The number of carboxylic acid groups (broad SMARTS) is 1. The van der Waals surface area contributed by atoms with Crippen molar-refractivity contribution in [3.63, 3.8) is 0 Å². The summed E-state index contributed by atoms with van der Waals surface area (Å²) in [5.41, 5.74) is 5.78. The third-order valence-corrected chi connectivity index (χ3v) is 4.18. The fraction of sp³-hybridized carbons (Fsp3) is 0.562. The highest BCUT2D eigenvalue weighted by molar-refractivity contribution is 5.71. The molecule has 1 aliphatic heterocycles. The van der Waals surface area contributed by atoms with Gasteiger partial charge in [-0.3, -0.25) is 0 Å². The second-order valence-electron chi connectivity index (χ2n) is 6.25. The minimum Gasteiger partial charge on any atom is -0.481 e. The third kappa shape index (κ3) is 2.60. The lowest BCUT2D eigenvalue weighted by Crippen LogP contribution is -2.36. The number of carboxylic acids is 1. The lowest BCUT2D eigenvalue weighted by molar-refractivity contribution is -0.139. The van der Waals surface area contributed by atoms with Crippen LogP contribution in [0.15, 0.2) is 0 Å². The van der Waals surface area contributed by atoms with E-state index in [1.54, 1.807) is 0 Å². The second kappa shape index (κ2) is 5.00. The summed E-state index contributed by atoms with van der Waals surface area (Å²) in [5, 5.41) is 12.4. The molecule has 0 atom stereocenters. The number of nitrogens with one attached hydrogen (secondary N) is 1. The number of ether oxygens (including phenoxy) is 1. The van der Waals surface area contributed by atoms with Crippen LogP contribution >= 0.6 is 0 Å². The predicted molar refractivity (Wildman–Crippen MR) is 79.8 cm³/mol. The molecule has 0 aromatic heterocycles.